The number of aromatic nitrogens is 2. The second-order valence-electron chi connectivity index (χ2n) is 6.87. The Hall–Kier alpha value is -2.79. The first-order valence-electron chi connectivity index (χ1n) is 8.76. The van der Waals surface area contributed by atoms with Gasteiger partial charge in [0.1, 0.15) is 5.82 Å². The second kappa shape index (κ2) is 7.62. The first kappa shape index (κ1) is 18.0. The van der Waals surface area contributed by atoms with Gasteiger partial charge in [0.25, 0.3) is 0 Å². The lowest BCUT2D eigenvalue weighted by Gasteiger charge is -2.14. The molecule has 2 N–H and O–H groups in total. The molecule has 1 unspecified atom stereocenters. The number of nitrogens with zero attached hydrogens (tertiary/aromatic N) is 2. The van der Waals surface area contributed by atoms with Crippen molar-refractivity contribution in [3.8, 4) is 11.1 Å². The van der Waals surface area contributed by atoms with Crippen molar-refractivity contribution in [2.45, 2.75) is 33.3 Å². The third-order valence-electron chi connectivity index (χ3n) is 4.15. The number of amides is 1. The summed E-state index contributed by atoms with van der Waals surface area (Å²) < 4.78 is 0. The lowest BCUT2D eigenvalue weighted by Crippen LogP contribution is -2.07. The molecule has 26 heavy (non-hydrogen) atoms. The van der Waals surface area contributed by atoms with Gasteiger partial charge in [-0.2, -0.15) is 0 Å². The fourth-order valence-corrected chi connectivity index (χ4v) is 2.99. The van der Waals surface area contributed by atoms with Crippen molar-refractivity contribution in [2.24, 2.45) is 5.92 Å². The van der Waals surface area contributed by atoms with Crippen LogP contribution in [-0.4, -0.2) is 21.0 Å². The quantitative estimate of drug-likeness (QED) is 0.719. The maximum Gasteiger partial charge on any atom is 0.222 e. The van der Waals surface area contributed by atoms with E-state index in [0.717, 1.165) is 22.0 Å². The molecule has 0 aliphatic carbocycles. The molecule has 0 aliphatic heterocycles. The standard InChI is InChI=1S/C21H23N3O2/c1-13(2)11-19(26)18-8-7-15-5-4-6-17(21(15)24-18)16-9-10-22-20(12-16)23-14(3)25/h4-10,12-13,19,26H,11H2,1-3H3,(H,22,23,25). The SMILES string of the molecule is CC(=O)Nc1cc(-c2cccc3ccc(C(O)CC(C)C)nc23)ccn1. The number of aliphatic hydroxyl groups is 1. The molecular weight excluding hydrogens is 326 g/mol. The minimum Gasteiger partial charge on any atom is -0.387 e. The van der Waals surface area contributed by atoms with Gasteiger partial charge < -0.3 is 10.4 Å². The summed E-state index contributed by atoms with van der Waals surface area (Å²) in [5.74, 6) is 0.728. The third-order valence-corrected chi connectivity index (χ3v) is 4.15. The number of carbonyl (C=O) groups is 1. The molecule has 3 aromatic rings. The summed E-state index contributed by atoms with van der Waals surface area (Å²) >= 11 is 0. The summed E-state index contributed by atoms with van der Waals surface area (Å²) in [5, 5.41) is 14.1. The molecular formula is C21H23N3O2. The van der Waals surface area contributed by atoms with Gasteiger partial charge in [0.2, 0.25) is 5.91 Å². The molecule has 0 fully saturated rings. The predicted molar refractivity (Wildman–Crippen MR) is 104 cm³/mol. The number of rotatable bonds is 5. The molecule has 134 valence electrons. The molecule has 2 heterocycles. The lowest BCUT2D eigenvalue weighted by molar-refractivity contribution is -0.114. The Morgan fingerprint density at radius 1 is 1.19 bits per heavy atom. The maximum atomic E-state index is 11.3. The highest BCUT2D eigenvalue weighted by molar-refractivity contribution is 5.95. The Morgan fingerprint density at radius 2 is 2.00 bits per heavy atom. The van der Waals surface area contributed by atoms with Gasteiger partial charge in [-0.3, -0.25) is 4.79 Å². The molecule has 1 atom stereocenters. The number of anilines is 1. The molecule has 1 amide bonds. The van der Waals surface area contributed by atoms with Crippen LogP contribution in [0.5, 0.6) is 0 Å². The summed E-state index contributed by atoms with van der Waals surface area (Å²) in [6.07, 6.45) is 1.75. The maximum absolute atomic E-state index is 11.3. The number of para-hydroxylation sites is 1. The van der Waals surface area contributed by atoms with Gasteiger partial charge in [-0.25, -0.2) is 9.97 Å². The van der Waals surface area contributed by atoms with Crippen molar-refractivity contribution in [1.29, 1.82) is 0 Å². The van der Waals surface area contributed by atoms with E-state index in [1.54, 1.807) is 6.20 Å². The van der Waals surface area contributed by atoms with Crippen molar-refractivity contribution in [2.75, 3.05) is 5.32 Å². The van der Waals surface area contributed by atoms with E-state index in [4.69, 9.17) is 4.98 Å². The number of hydrogen-bond acceptors (Lipinski definition) is 4. The average molecular weight is 349 g/mol. The molecule has 0 bridgehead atoms. The van der Waals surface area contributed by atoms with Crippen molar-refractivity contribution in [3.05, 3.63) is 54.4 Å². The highest BCUT2D eigenvalue weighted by atomic mass is 16.3. The van der Waals surface area contributed by atoms with E-state index in [1.165, 1.54) is 6.92 Å². The molecule has 0 saturated carbocycles. The molecule has 0 spiro atoms. The first-order valence-corrected chi connectivity index (χ1v) is 8.76. The molecule has 0 radical (unpaired) electrons. The first-order chi connectivity index (χ1) is 12.4. The summed E-state index contributed by atoms with van der Waals surface area (Å²) in [4.78, 5) is 20.2. The number of fused-ring (bicyclic) bond motifs is 1. The molecule has 3 rings (SSSR count). The Labute approximate surface area is 153 Å². The van der Waals surface area contributed by atoms with Crippen molar-refractivity contribution >= 4 is 22.6 Å². The summed E-state index contributed by atoms with van der Waals surface area (Å²) in [7, 11) is 0. The molecule has 5 nitrogen and oxygen atoms in total. The molecule has 5 heteroatoms. The second-order valence-corrected chi connectivity index (χ2v) is 6.87. The minimum absolute atomic E-state index is 0.162. The number of nitrogens with one attached hydrogen (secondary N) is 1. The van der Waals surface area contributed by atoms with Crippen molar-refractivity contribution in [3.63, 3.8) is 0 Å². The predicted octanol–water partition coefficient (Wildman–Crippen LogP) is 4.33. The van der Waals surface area contributed by atoms with Gasteiger partial charge in [-0.1, -0.05) is 38.1 Å². The topological polar surface area (TPSA) is 75.1 Å². The van der Waals surface area contributed by atoms with Gasteiger partial charge >= 0.3 is 0 Å². The van der Waals surface area contributed by atoms with Crippen LogP contribution in [0.15, 0.2) is 48.7 Å². The van der Waals surface area contributed by atoms with Gasteiger partial charge in [-0.05, 0) is 36.1 Å². The zero-order valence-corrected chi connectivity index (χ0v) is 15.2. The van der Waals surface area contributed by atoms with Gasteiger partial charge in [-0.15, -0.1) is 0 Å². The van der Waals surface area contributed by atoms with Gasteiger partial charge in [0.05, 0.1) is 17.3 Å². The Bertz CT molecular complexity index is 937. The highest BCUT2D eigenvalue weighted by Gasteiger charge is 2.14. The smallest absolute Gasteiger partial charge is 0.222 e. The zero-order valence-electron chi connectivity index (χ0n) is 15.2. The van der Waals surface area contributed by atoms with E-state index < -0.39 is 6.10 Å². The highest BCUT2D eigenvalue weighted by Crippen LogP contribution is 2.30. The van der Waals surface area contributed by atoms with Crippen LogP contribution in [0.1, 0.15) is 39.0 Å². The normalized spacial score (nSPS) is 12.3. The van der Waals surface area contributed by atoms with E-state index in [9.17, 15) is 9.90 Å². The number of aliphatic hydroxyl groups excluding tert-OH is 1. The molecule has 2 aromatic heterocycles. The van der Waals surface area contributed by atoms with E-state index in [1.807, 2.05) is 42.5 Å². The van der Waals surface area contributed by atoms with Gasteiger partial charge in [0.15, 0.2) is 0 Å². The van der Waals surface area contributed by atoms with Crippen LogP contribution in [0.4, 0.5) is 5.82 Å². The van der Waals surface area contributed by atoms with E-state index in [2.05, 4.69) is 24.1 Å². The number of hydrogen-bond donors (Lipinski definition) is 2. The molecule has 0 saturated heterocycles. The Morgan fingerprint density at radius 3 is 2.73 bits per heavy atom. The zero-order chi connectivity index (χ0) is 18.7. The largest absolute Gasteiger partial charge is 0.387 e. The van der Waals surface area contributed by atoms with Crippen LogP contribution in [0.25, 0.3) is 22.0 Å². The molecule has 0 aliphatic rings. The van der Waals surface area contributed by atoms with Gasteiger partial charge in [0, 0.05) is 24.1 Å². The summed E-state index contributed by atoms with van der Waals surface area (Å²) in [6, 6.07) is 13.5. The Kier molecular flexibility index (Phi) is 5.28. The average Bonchev–Trinajstić information content (AvgIpc) is 2.60. The third kappa shape index (κ3) is 4.06. The van der Waals surface area contributed by atoms with Crippen LogP contribution >= 0.6 is 0 Å². The summed E-state index contributed by atoms with van der Waals surface area (Å²) in [5.41, 5.74) is 3.36. The number of carbonyl (C=O) groups excluding carboxylic acids is 1. The monoisotopic (exact) mass is 349 g/mol. The van der Waals surface area contributed by atoms with Crippen LogP contribution in [0.2, 0.25) is 0 Å². The fourth-order valence-electron chi connectivity index (χ4n) is 2.99. The van der Waals surface area contributed by atoms with Crippen molar-refractivity contribution in [1.82, 2.24) is 9.97 Å². The van der Waals surface area contributed by atoms with Crippen LogP contribution in [0.3, 0.4) is 0 Å². The molecule has 1 aromatic carbocycles. The number of pyridine rings is 2. The Balaban J connectivity index is 2.07. The van der Waals surface area contributed by atoms with Crippen LogP contribution in [0, 0.1) is 5.92 Å². The lowest BCUT2D eigenvalue weighted by atomic mass is 10.00. The van der Waals surface area contributed by atoms with Crippen molar-refractivity contribution < 1.29 is 9.90 Å². The minimum atomic E-state index is -0.583. The van der Waals surface area contributed by atoms with Crippen LogP contribution in [-0.2, 0) is 4.79 Å². The number of benzene rings is 1. The van der Waals surface area contributed by atoms with E-state index in [-0.39, 0.29) is 5.91 Å². The van der Waals surface area contributed by atoms with Crippen LogP contribution < -0.4 is 5.32 Å². The summed E-state index contributed by atoms with van der Waals surface area (Å²) in [6.45, 7) is 5.61. The fraction of sp³-hybridized carbons (Fsp3) is 0.286. The van der Waals surface area contributed by atoms with E-state index in [0.29, 0.717) is 23.9 Å². The van der Waals surface area contributed by atoms with E-state index >= 15 is 0 Å².